The highest BCUT2D eigenvalue weighted by Gasteiger charge is 2.32. The van der Waals surface area contributed by atoms with Crippen molar-refractivity contribution in [3.63, 3.8) is 0 Å². The van der Waals surface area contributed by atoms with Crippen molar-refractivity contribution in [3.05, 3.63) is 94.5 Å². The number of hydrogen-bond donors (Lipinski definition) is 1. The second kappa shape index (κ2) is 9.95. The van der Waals surface area contributed by atoms with Crippen LogP contribution in [0, 0.1) is 0 Å². The fraction of sp³-hybridized carbons (Fsp3) is 0.143. The lowest BCUT2D eigenvalue weighted by molar-refractivity contribution is -0.126. The van der Waals surface area contributed by atoms with Crippen LogP contribution < -0.4 is 5.32 Å². The van der Waals surface area contributed by atoms with Gasteiger partial charge in [0.05, 0.1) is 0 Å². The Morgan fingerprint density at radius 2 is 1.90 bits per heavy atom. The highest BCUT2D eigenvalue weighted by molar-refractivity contribution is 7.03. The number of aromatic nitrogens is 2. The van der Waals surface area contributed by atoms with Gasteiger partial charge < -0.3 is 10.2 Å². The minimum Gasteiger partial charge on any atom is -0.350 e. The van der Waals surface area contributed by atoms with Crippen molar-refractivity contribution in [1.29, 1.82) is 0 Å². The highest BCUT2D eigenvalue weighted by atomic mass is 35.5. The van der Waals surface area contributed by atoms with Crippen LogP contribution in [0.5, 0.6) is 0 Å². The number of amides is 2. The molecular weight excluding hydrogens is 408 g/mol. The summed E-state index contributed by atoms with van der Waals surface area (Å²) in [6, 6.07) is 15.5. The van der Waals surface area contributed by atoms with E-state index in [0.29, 0.717) is 17.1 Å². The van der Waals surface area contributed by atoms with Crippen LogP contribution in [0.4, 0.5) is 0 Å². The molecule has 3 aromatic rings. The molecule has 0 fully saturated rings. The van der Waals surface area contributed by atoms with Crippen molar-refractivity contribution in [2.24, 2.45) is 0 Å². The lowest BCUT2D eigenvalue weighted by atomic mass is 10.0. The maximum atomic E-state index is 13.2. The number of benzene rings is 2. The molecule has 0 saturated carbocycles. The van der Waals surface area contributed by atoms with Gasteiger partial charge in [0.15, 0.2) is 5.69 Å². The first-order valence-corrected chi connectivity index (χ1v) is 10.1. The zero-order chi connectivity index (χ0) is 20.6. The van der Waals surface area contributed by atoms with Gasteiger partial charge in [0.25, 0.3) is 5.91 Å². The number of carbonyl (C=O) groups excluding carboxylic acids is 2. The Morgan fingerprint density at radius 3 is 2.52 bits per heavy atom. The Balaban J connectivity index is 1.91. The predicted molar refractivity (Wildman–Crippen MR) is 114 cm³/mol. The van der Waals surface area contributed by atoms with Gasteiger partial charge in [-0.2, -0.15) is 0 Å². The van der Waals surface area contributed by atoms with Crippen LogP contribution in [-0.2, 0) is 11.3 Å². The molecule has 0 aliphatic carbocycles. The van der Waals surface area contributed by atoms with E-state index in [1.807, 2.05) is 30.3 Å². The van der Waals surface area contributed by atoms with Gasteiger partial charge in [0, 0.05) is 23.5 Å². The average Bonchev–Trinajstić information content (AvgIpc) is 3.28. The van der Waals surface area contributed by atoms with Gasteiger partial charge in [0.2, 0.25) is 5.91 Å². The fourth-order valence-electron chi connectivity index (χ4n) is 2.85. The summed E-state index contributed by atoms with van der Waals surface area (Å²) < 4.78 is 3.75. The van der Waals surface area contributed by atoms with E-state index in [4.69, 9.17) is 11.6 Å². The zero-order valence-electron chi connectivity index (χ0n) is 15.5. The molecule has 3 rings (SSSR count). The summed E-state index contributed by atoms with van der Waals surface area (Å²) in [5.74, 6) is -0.706. The molecule has 6 nitrogen and oxygen atoms in total. The first kappa shape index (κ1) is 20.7. The first-order chi connectivity index (χ1) is 14.1. The second-order valence-electron chi connectivity index (χ2n) is 6.19. The van der Waals surface area contributed by atoms with E-state index in [0.717, 1.165) is 17.1 Å². The van der Waals surface area contributed by atoms with Crippen LogP contribution in [-0.4, -0.2) is 32.8 Å². The van der Waals surface area contributed by atoms with Crippen molar-refractivity contribution in [2.45, 2.75) is 12.6 Å². The summed E-state index contributed by atoms with van der Waals surface area (Å²) in [6.07, 6.45) is 1.57. The number of carbonyl (C=O) groups is 2. The summed E-state index contributed by atoms with van der Waals surface area (Å²) in [4.78, 5) is 27.6. The van der Waals surface area contributed by atoms with Crippen LogP contribution in [0.15, 0.2) is 72.6 Å². The SMILES string of the molecule is C=CCN(C(=O)c1csnn1)[C@@H](C(=O)NCc1ccccc1)c1ccc(Cl)cc1. The van der Waals surface area contributed by atoms with Gasteiger partial charge in [0.1, 0.15) is 6.04 Å². The van der Waals surface area contributed by atoms with Crippen molar-refractivity contribution in [3.8, 4) is 0 Å². The third kappa shape index (κ3) is 5.28. The molecular formula is C21H19ClN4O2S. The molecule has 8 heteroatoms. The summed E-state index contributed by atoms with van der Waals surface area (Å²) in [7, 11) is 0. The zero-order valence-corrected chi connectivity index (χ0v) is 17.1. The molecule has 0 radical (unpaired) electrons. The van der Waals surface area contributed by atoms with Crippen molar-refractivity contribution in [1.82, 2.24) is 19.8 Å². The third-order valence-corrected chi connectivity index (χ3v) is 4.98. The minimum atomic E-state index is -0.872. The summed E-state index contributed by atoms with van der Waals surface area (Å²) >= 11 is 7.08. The normalized spacial score (nSPS) is 11.5. The van der Waals surface area contributed by atoms with Gasteiger partial charge in [-0.05, 0) is 34.8 Å². The number of nitrogens with one attached hydrogen (secondary N) is 1. The molecule has 2 aromatic carbocycles. The molecule has 29 heavy (non-hydrogen) atoms. The second-order valence-corrected chi connectivity index (χ2v) is 7.24. The molecule has 2 amide bonds. The largest absolute Gasteiger partial charge is 0.350 e. The van der Waals surface area contributed by atoms with Crippen LogP contribution in [0.1, 0.15) is 27.7 Å². The molecule has 0 bridgehead atoms. The Bertz CT molecular complexity index is 962. The maximum absolute atomic E-state index is 13.2. The minimum absolute atomic E-state index is 0.169. The molecule has 148 valence electrons. The number of halogens is 1. The van der Waals surface area contributed by atoms with E-state index >= 15 is 0 Å². The van der Waals surface area contributed by atoms with E-state index in [9.17, 15) is 9.59 Å². The van der Waals surface area contributed by atoms with Gasteiger partial charge in [-0.15, -0.1) is 11.7 Å². The van der Waals surface area contributed by atoms with Gasteiger partial charge in [-0.3, -0.25) is 9.59 Å². The highest BCUT2D eigenvalue weighted by Crippen LogP contribution is 2.25. The Labute approximate surface area is 178 Å². The molecule has 1 aromatic heterocycles. The molecule has 0 spiro atoms. The molecule has 0 saturated heterocycles. The molecule has 1 N–H and O–H groups in total. The Morgan fingerprint density at radius 1 is 1.17 bits per heavy atom. The number of rotatable bonds is 8. The Hall–Kier alpha value is -3.03. The van der Waals surface area contributed by atoms with Crippen LogP contribution in [0.2, 0.25) is 5.02 Å². The van der Waals surface area contributed by atoms with Gasteiger partial charge >= 0.3 is 0 Å². The molecule has 0 unspecified atom stereocenters. The van der Waals surface area contributed by atoms with Crippen molar-refractivity contribution in [2.75, 3.05) is 6.54 Å². The topological polar surface area (TPSA) is 75.2 Å². The van der Waals surface area contributed by atoms with Crippen molar-refractivity contribution < 1.29 is 9.59 Å². The molecule has 1 atom stereocenters. The van der Waals surface area contributed by atoms with Gasteiger partial charge in [-0.25, -0.2) is 0 Å². The smallest absolute Gasteiger partial charge is 0.276 e. The van der Waals surface area contributed by atoms with E-state index in [-0.39, 0.29) is 18.1 Å². The van der Waals surface area contributed by atoms with Crippen LogP contribution in [0.25, 0.3) is 0 Å². The monoisotopic (exact) mass is 426 g/mol. The standard InChI is InChI=1S/C21H19ClN4O2S/c1-2-12-26(21(28)18-14-29-25-24-18)19(16-8-10-17(22)11-9-16)20(27)23-13-15-6-4-3-5-7-15/h2-11,14,19H,1,12-13H2,(H,23,27)/t19-/m1/s1. The van der Waals surface area contributed by atoms with E-state index in [2.05, 4.69) is 21.5 Å². The molecule has 0 aliphatic heterocycles. The Kier molecular flexibility index (Phi) is 7.10. The predicted octanol–water partition coefficient (Wildman–Crippen LogP) is 3.88. The van der Waals surface area contributed by atoms with Crippen molar-refractivity contribution >= 4 is 34.9 Å². The van der Waals surface area contributed by atoms with Crippen LogP contribution >= 0.6 is 23.1 Å². The van der Waals surface area contributed by atoms with Gasteiger partial charge in [-0.1, -0.05) is 64.6 Å². The summed E-state index contributed by atoms with van der Waals surface area (Å²) in [5.41, 5.74) is 1.78. The first-order valence-electron chi connectivity index (χ1n) is 8.86. The fourth-order valence-corrected chi connectivity index (χ4v) is 3.41. The van der Waals surface area contributed by atoms with E-state index in [1.54, 1.807) is 35.7 Å². The van der Waals surface area contributed by atoms with E-state index in [1.165, 1.54) is 4.90 Å². The van der Waals surface area contributed by atoms with E-state index < -0.39 is 11.9 Å². The molecule has 0 aliphatic rings. The van der Waals surface area contributed by atoms with Crippen LogP contribution in [0.3, 0.4) is 0 Å². The summed E-state index contributed by atoms with van der Waals surface area (Å²) in [6.45, 7) is 4.24. The lowest BCUT2D eigenvalue weighted by Gasteiger charge is -2.30. The lowest BCUT2D eigenvalue weighted by Crippen LogP contribution is -2.43. The maximum Gasteiger partial charge on any atom is 0.276 e. The molecule has 1 heterocycles. The quantitative estimate of drug-likeness (QED) is 0.554. The number of hydrogen-bond acceptors (Lipinski definition) is 5. The average molecular weight is 427 g/mol. The number of nitrogens with zero attached hydrogens (tertiary/aromatic N) is 3. The third-order valence-electron chi connectivity index (χ3n) is 4.22. The summed E-state index contributed by atoms with van der Waals surface area (Å²) in [5, 5.41) is 8.87.